The van der Waals surface area contributed by atoms with E-state index in [1.807, 2.05) is 31.2 Å². The fourth-order valence-corrected chi connectivity index (χ4v) is 2.72. The molecule has 0 saturated carbocycles. The maximum atomic E-state index is 11.9. The number of nitrogens with zero attached hydrogens (tertiary/aromatic N) is 1. The van der Waals surface area contributed by atoms with Crippen molar-refractivity contribution in [3.63, 3.8) is 0 Å². The Morgan fingerprint density at radius 1 is 1.14 bits per heavy atom. The molecule has 6 nitrogen and oxygen atoms in total. The lowest BCUT2D eigenvalue weighted by atomic mass is 10.1. The molecule has 0 saturated heterocycles. The van der Waals surface area contributed by atoms with Gasteiger partial charge in [0.1, 0.15) is 11.5 Å². The van der Waals surface area contributed by atoms with Crippen LogP contribution in [0.1, 0.15) is 27.2 Å². The van der Waals surface area contributed by atoms with Crippen LogP contribution < -0.4 is 5.43 Å². The van der Waals surface area contributed by atoms with Crippen molar-refractivity contribution in [2.24, 2.45) is 5.10 Å². The van der Waals surface area contributed by atoms with Crippen molar-refractivity contribution in [3.05, 3.63) is 82.1 Å². The molecule has 0 radical (unpaired) electrons. The summed E-state index contributed by atoms with van der Waals surface area (Å²) in [7, 11) is 0. The van der Waals surface area contributed by atoms with Crippen LogP contribution in [0.5, 0.6) is 0 Å². The average Bonchev–Trinajstić information content (AvgIpc) is 3.12. The molecule has 0 fully saturated rings. The van der Waals surface area contributed by atoms with E-state index in [4.69, 9.17) is 21.1 Å². The summed E-state index contributed by atoms with van der Waals surface area (Å²) >= 11 is 5.87. The van der Waals surface area contributed by atoms with Gasteiger partial charge in [-0.3, -0.25) is 4.79 Å². The predicted octanol–water partition coefficient (Wildman–Crippen LogP) is 4.30. The first-order chi connectivity index (χ1) is 13.4. The Bertz CT molecular complexity index is 1040. The number of hydrazone groups is 1. The van der Waals surface area contributed by atoms with E-state index in [0.29, 0.717) is 17.1 Å². The van der Waals surface area contributed by atoms with E-state index in [0.717, 1.165) is 11.1 Å². The van der Waals surface area contributed by atoms with Gasteiger partial charge in [0, 0.05) is 5.56 Å². The Morgan fingerprint density at radius 2 is 1.89 bits per heavy atom. The molecule has 0 unspecified atom stereocenters. The Balaban J connectivity index is 1.62. The van der Waals surface area contributed by atoms with Gasteiger partial charge in [-0.05, 0) is 42.8 Å². The second-order valence-electron chi connectivity index (χ2n) is 6.16. The molecule has 0 bridgehead atoms. The zero-order valence-corrected chi connectivity index (χ0v) is 15.7. The van der Waals surface area contributed by atoms with Gasteiger partial charge in [-0.2, -0.15) is 5.10 Å². The molecule has 0 aliphatic heterocycles. The van der Waals surface area contributed by atoms with Crippen LogP contribution in [0.2, 0.25) is 5.02 Å². The Kier molecular flexibility index (Phi) is 5.91. The van der Waals surface area contributed by atoms with Gasteiger partial charge in [0.25, 0.3) is 0 Å². The van der Waals surface area contributed by atoms with Gasteiger partial charge >= 0.3 is 5.97 Å². The molecule has 142 valence electrons. The third-order valence-electron chi connectivity index (χ3n) is 3.97. The van der Waals surface area contributed by atoms with Gasteiger partial charge in [0.2, 0.25) is 5.91 Å². The molecule has 1 amide bonds. The van der Waals surface area contributed by atoms with Gasteiger partial charge in [-0.1, -0.05) is 41.4 Å². The molecular formula is C21H17ClN2O4. The van der Waals surface area contributed by atoms with Crippen molar-refractivity contribution in [2.45, 2.75) is 13.3 Å². The second-order valence-corrected chi connectivity index (χ2v) is 6.56. The largest absolute Gasteiger partial charge is 0.478 e. The number of aromatic carboxylic acids is 1. The number of carboxylic acids is 1. The molecule has 1 heterocycles. The molecule has 0 aliphatic carbocycles. The first-order valence-corrected chi connectivity index (χ1v) is 8.80. The fourth-order valence-electron chi connectivity index (χ4n) is 2.52. The van der Waals surface area contributed by atoms with Crippen molar-refractivity contribution in [1.29, 1.82) is 0 Å². The number of carboxylic acid groups (broad SMARTS) is 1. The summed E-state index contributed by atoms with van der Waals surface area (Å²) in [6.07, 6.45) is 1.61. The number of amides is 1. The number of furan rings is 1. The van der Waals surface area contributed by atoms with Crippen LogP contribution in [0.25, 0.3) is 11.3 Å². The van der Waals surface area contributed by atoms with Crippen LogP contribution in [-0.2, 0) is 11.2 Å². The minimum absolute atomic E-state index is 0.00541. The first kappa shape index (κ1) is 19.4. The van der Waals surface area contributed by atoms with Crippen molar-refractivity contribution < 1.29 is 19.1 Å². The molecular weight excluding hydrogens is 380 g/mol. The average molecular weight is 397 g/mol. The number of aryl methyl sites for hydroxylation is 1. The number of hydrogen-bond acceptors (Lipinski definition) is 4. The zero-order valence-electron chi connectivity index (χ0n) is 15.0. The van der Waals surface area contributed by atoms with E-state index in [-0.39, 0.29) is 22.9 Å². The van der Waals surface area contributed by atoms with E-state index in [1.165, 1.54) is 18.3 Å². The minimum atomic E-state index is -1.11. The van der Waals surface area contributed by atoms with Gasteiger partial charge in [-0.15, -0.1) is 0 Å². The smallest absolute Gasteiger partial charge is 0.337 e. The molecule has 2 aromatic carbocycles. The maximum Gasteiger partial charge on any atom is 0.337 e. The molecule has 0 atom stereocenters. The molecule has 3 aromatic rings. The first-order valence-electron chi connectivity index (χ1n) is 8.43. The summed E-state index contributed by atoms with van der Waals surface area (Å²) in [4.78, 5) is 23.1. The Labute approximate surface area is 166 Å². The third-order valence-corrected chi connectivity index (χ3v) is 4.30. The molecule has 3 rings (SSSR count). The van der Waals surface area contributed by atoms with Gasteiger partial charge in [0.05, 0.1) is 23.2 Å². The van der Waals surface area contributed by atoms with E-state index in [1.54, 1.807) is 18.2 Å². The zero-order chi connectivity index (χ0) is 20.1. The van der Waals surface area contributed by atoms with Gasteiger partial charge in [0.15, 0.2) is 0 Å². The van der Waals surface area contributed by atoms with Crippen molar-refractivity contribution in [1.82, 2.24) is 5.43 Å². The summed E-state index contributed by atoms with van der Waals surface area (Å²) in [5.41, 5.74) is 5.05. The summed E-state index contributed by atoms with van der Waals surface area (Å²) in [5, 5.41) is 13.2. The summed E-state index contributed by atoms with van der Waals surface area (Å²) in [6, 6.07) is 15.6. The Morgan fingerprint density at radius 3 is 2.61 bits per heavy atom. The second kappa shape index (κ2) is 8.54. The van der Waals surface area contributed by atoms with Gasteiger partial charge in [-0.25, -0.2) is 10.2 Å². The number of carbonyl (C=O) groups is 2. The number of halogens is 1. The highest BCUT2D eigenvalue weighted by molar-refractivity contribution is 6.33. The Hall–Kier alpha value is -3.38. The standard InChI is InChI=1S/C21H17ClN2O4/c1-13-2-4-14(5-3-13)10-20(25)24-23-12-16-7-9-19(28-16)15-6-8-18(22)17(11-15)21(26)27/h2-9,11-12H,10H2,1H3,(H,24,25)(H,26,27)/b23-12-. The van der Waals surface area contributed by atoms with Crippen molar-refractivity contribution in [2.75, 3.05) is 0 Å². The lowest BCUT2D eigenvalue weighted by Crippen LogP contribution is -2.19. The fraction of sp³-hybridized carbons (Fsp3) is 0.0952. The van der Waals surface area contributed by atoms with E-state index < -0.39 is 5.97 Å². The number of carbonyl (C=O) groups excluding carboxylic acids is 1. The van der Waals surface area contributed by atoms with Crippen LogP contribution in [0.3, 0.4) is 0 Å². The minimum Gasteiger partial charge on any atom is -0.478 e. The number of nitrogens with one attached hydrogen (secondary N) is 1. The van der Waals surface area contributed by atoms with Crippen LogP contribution >= 0.6 is 11.6 Å². The lowest BCUT2D eigenvalue weighted by Gasteiger charge is -2.02. The van der Waals surface area contributed by atoms with Crippen LogP contribution in [0.4, 0.5) is 0 Å². The van der Waals surface area contributed by atoms with Crippen molar-refractivity contribution >= 4 is 29.7 Å². The number of hydrogen-bond donors (Lipinski definition) is 2. The molecule has 1 aromatic heterocycles. The molecule has 0 aliphatic rings. The molecule has 2 N–H and O–H groups in total. The summed E-state index contributed by atoms with van der Waals surface area (Å²) < 4.78 is 5.62. The SMILES string of the molecule is Cc1ccc(CC(=O)N/N=C\c2ccc(-c3ccc(Cl)c(C(=O)O)c3)o2)cc1. The lowest BCUT2D eigenvalue weighted by molar-refractivity contribution is -0.120. The normalized spacial score (nSPS) is 10.9. The third kappa shape index (κ3) is 4.86. The van der Waals surface area contributed by atoms with Gasteiger partial charge < -0.3 is 9.52 Å². The number of benzene rings is 2. The van der Waals surface area contributed by atoms with Crippen LogP contribution in [0.15, 0.2) is 64.1 Å². The highest BCUT2D eigenvalue weighted by Gasteiger charge is 2.12. The highest BCUT2D eigenvalue weighted by Crippen LogP contribution is 2.26. The maximum absolute atomic E-state index is 11.9. The van der Waals surface area contributed by atoms with Crippen LogP contribution in [-0.4, -0.2) is 23.2 Å². The monoisotopic (exact) mass is 396 g/mol. The van der Waals surface area contributed by atoms with Crippen molar-refractivity contribution in [3.8, 4) is 11.3 Å². The topological polar surface area (TPSA) is 91.9 Å². The van der Waals surface area contributed by atoms with E-state index >= 15 is 0 Å². The van der Waals surface area contributed by atoms with E-state index in [9.17, 15) is 9.59 Å². The predicted molar refractivity (Wildman–Crippen MR) is 107 cm³/mol. The van der Waals surface area contributed by atoms with Crippen LogP contribution in [0, 0.1) is 6.92 Å². The molecule has 28 heavy (non-hydrogen) atoms. The highest BCUT2D eigenvalue weighted by atomic mass is 35.5. The molecule has 7 heteroatoms. The molecule has 0 spiro atoms. The number of rotatable bonds is 6. The van der Waals surface area contributed by atoms with E-state index in [2.05, 4.69) is 10.5 Å². The summed E-state index contributed by atoms with van der Waals surface area (Å²) in [6.45, 7) is 1.98. The summed E-state index contributed by atoms with van der Waals surface area (Å²) in [5.74, 6) is -0.476. The quantitative estimate of drug-likeness (QED) is 0.480.